The highest BCUT2D eigenvalue weighted by molar-refractivity contribution is 7.80. The van der Waals surface area contributed by atoms with Crippen molar-refractivity contribution in [2.75, 3.05) is 56.6 Å². The van der Waals surface area contributed by atoms with E-state index in [0.29, 0.717) is 12.3 Å². The fourth-order valence-corrected chi connectivity index (χ4v) is 2.41. The summed E-state index contributed by atoms with van der Waals surface area (Å²) >= 11 is 4.10. The maximum absolute atomic E-state index is 13.7. The number of piperazine rings is 1. The molecule has 0 N–H and O–H groups in total. The molecule has 0 unspecified atom stereocenters. The van der Waals surface area contributed by atoms with Gasteiger partial charge in [0.25, 0.3) is 0 Å². The molecule has 0 atom stereocenters. The molecule has 1 aliphatic heterocycles. The molecule has 106 valence electrons. The summed E-state index contributed by atoms with van der Waals surface area (Å²) in [6.45, 7) is 6.05. The van der Waals surface area contributed by atoms with Gasteiger partial charge in [-0.2, -0.15) is 12.6 Å². The predicted molar refractivity (Wildman–Crippen MR) is 79.7 cm³/mol. The van der Waals surface area contributed by atoms with Crippen molar-refractivity contribution in [1.29, 1.82) is 0 Å². The molecular weight excluding hydrogens is 263 g/mol. The first-order valence-electron chi connectivity index (χ1n) is 6.71. The molecule has 1 aromatic rings. The minimum atomic E-state index is -0.131. The Labute approximate surface area is 119 Å². The number of thiol groups is 1. The van der Waals surface area contributed by atoms with E-state index in [-0.39, 0.29) is 5.82 Å². The molecule has 0 aliphatic carbocycles. The van der Waals surface area contributed by atoms with Gasteiger partial charge in [0.2, 0.25) is 0 Å². The van der Waals surface area contributed by atoms with Gasteiger partial charge < -0.3 is 9.64 Å². The molecule has 2 rings (SSSR count). The molecule has 0 bridgehead atoms. The van der Waals surface area contributed by atoms with Crippen LogP contribution in [0.4, 0.5) is 10.1 Å². The van der Waals surface area contributed by atoms with Crippen LogP contribution in [0.3, 0.4) is 0 Å². The first kappa shape index (κ1) is 14.6. The van der Waals surface area contributed by atoms with Crippen LogP contribution in [0.15, 0.2) is 24.3 Å². The van der Waals surface area contributed by atoms with Crippen molar-refractivity contribution in [3.05, 3.63) is 30.1 Å². The summed E-state index contributed by atoms with van der Waals surface area (Å²) in [5.41, 5.74) is 0.716. The third-order valence-electron chi connectivity index (χ3n) is 3.35. The largest absolute Gasteiger partial charge is 0.379 e. The van der Waals surface area contributed by atoms with Crippen molar-refractivity contribution in [2.24, 2.45) is 0 Å². The van der Waals surface area contributed by atoms with Gasteiger partial charge in [-0.3, -0.25) is 4.90 Å². The van der Waals surface area contributed by atoms with Gasteiger partial charge in [0, 0.05) is 38.5 Å². The smallest absolute Gasteiger partial charge is 0.146 e. The van der Waals surface area contributed by atoms with E-state index < -0.39 is 0 Å². The SMILES string of the molecule is Fc1ccccc1N1CCN(CCOCCS)CC1. The number of benzene rings is 1. The van der Waals surface area contributed by atoms with Crippen LogP contribution in [0.5, 0.6) is 0 Å². The van der Waals surface area contributed by atoms with Crippen molar-refractivity contribution in [2.45, 2.75) is 0 Å². The van der Waals surface area contributed by atoms with Crippen LogP contribution >= 0.6 is 12.6 Å². The van der Waals surface area contributed by atoms with E-state index in [2.05, 4.69) is 22.4 Å². The van der Waals surface area contributed by atoms with Gasteiger partial charge in [0.1, 0.15) is 5.82 Å². The van der Waals surface area contributed by atoms with E-state index in [1.807, 2.05) is 12.1 Å². The minimum Gasteiger partial charge on any atom is -0.379 e. The number of para-hydroxylation sites is 1. The Bertz CT molecular complexity index is 383. The number of hydrogen-bond donors (Lipinski definition) is 1. The highest BCUT2D eigenvalue weighted by atomic mass is 32.1. The first-order chi connectivity index (χ1) is 9.31. The number of halogens is 1. The van der Waals surface area contributed by atoms with Crippen molar-refractivity contribution >= 4 is 18.3 Å². The molecule has 1 saturated heterocycles. The average molecular weight is 284 g/mol. The van der Waals surface area contributed by atoms with E-state index >= 15 is 0 Å². The number of rotatable bonds is 6. The van der Waals surface area contributed by atoms with E-state index in [1.165, 1.54) is 6.07 Å². The van der Waals surface area contributed by atoms with Crippen LogP contribution < -0.4 is 4.90 Å². The molecule has 0 saturated carbocycles. The summed E-state index contributed by atoms with van der Waals surface area (Å²) in [5.74, 6) is 0.634. The Hall–Kier alpha value is -0.780. The maximum atomic E-state index is 13.7. The fraction of sp³-hybridized carbons (Fsp3) is 0.571. The molecule has 0 aromatic heterocycles. The molecule has 5 heteroatoms. The van der Waals surface area contributed by atoms with Crippen LogP contribution in [0, 0.1) is 5.82 Å². The molecule has 1 fully saturated rings. The third-order valence-corrected chi connectivity index (χ3v) is 3.54. The van der Waals surface area contributed by atoms with Crippen molar-refractivity contribution in [1.82, 2.24) is 4.90 Å². The van der Waals surface area contributed by atoms with Crippen molar-refractivity contribution in [3.8, 4) is 0 Å². The van der Waals surface area contributed by atoms with Crippen molar-refractivity contribution in [3.63, 3.8) is 0 Å². The van der Waals surface area contributed by atoms with E-state index in [0.717, 1.165) is 45.1 Å². The van der Waals surface area contributed by atoms with E-state index in [1.54, 1.807) is 6.07 Å². The van der Waals surface area contributed by atoms with E-state index in [9.17, 15) is 4.39 Å². The van der Waals surface area contributed by atoms with Crippen LogP contribution in [0.25, 0.3) is 0 Å². The zero-order valence-electron chi connectivity index (χ0n) is 11.1. The summed E-state index contributed by atoms with van der Waals surface area (Å²) in [6, 6.07) is 6.98. The Morgan fingerprint density at radius 1 is 1.11 bits per heavy atom. The number of nitrogens with zero attached hydrogens (tertiary/aromatic N) is 2. The lowest BCUT2D eigenvalue weighted by Gasteiger charge is -2.36. The summed E-state index contributed by atoms with van der Waals surface area (Å²) in [6.07, 6.45) is 0. The highest BCUT2D eigenvalue weighted by Crippen LogP contribution is 2.19. The Morgan fingerprint density at radius 3 is 2.53 bits per heavy atom. The van der Waals surface area contributed by atoms with Gasteiger partial charge >= 0.3 is 0 Å². The highest BCUT2D eigenvalue weighted by Gasteiger charge is 2.18. The zero-order chi connectivity index (χ0) is 13.5. The van der Waals surface area contributed by atoms with E-state index in [4.69, 9.17) is 4.74 Å². The summed E-state index contributed by atoms with van der Waals surface area (Å²) in [7, 11) is 0. The quantitative estimate of drug-likeness (QED) is 0.634. The fourth-order valence-electron chi connectivity index (χ4n) is 2.28. The van der Waals surface area contributed by atoms with Gasteiger partial charge in [0.15, 0.2) is 0 Å². The molecule has 0 spiro atoms. The zero-order valence-corrected chi connectivity index (χ0v) is 12.0. The molecule has 19 heavy (non-hydrogen) atoms. The number of anilines is 1. The molecule has 1 heterocycles. The summed E-state index contributed by atoms with van der Waals surface area (Å²) in [5, 5.41) is 0. The van der Waals surface area contributed by atoms with Gasteiger partial charge in [-0.1, -0.05) is 12.1 Å². The van der Waals surface area contributed by atoms with Crippen LogP contribution in [-0.4, -0.2) is 56.6 Å². The second-order valence-corrected chi connectivity index (χ2v) is 5.06. The second kappa shape index (κ2) is 7.72. The maximum Gasteiger partial charge on any atom is 0.146 e. The molecular formula is C14H21FN2OS. The van der Waals surface area contributed by atoms with Gasteiger partial charge in [-0.05, 0) is 12.1 Å². The molecule has 0 radical (unpaired) electrons. The van der Waals surface area contributed by atoms with Gasteiger partial charge in [-0.25, -0.2) is 4.39 Å². The Morgan fingerprint density at radius 2 is 1.84 bits per heavy atom. The normalized spacial score (nSPS) is 16.8. The lowest BCUT2D eigenvalue weighted by molar-refractivity contribution is 0.113. The predicted octanol–water partition coefficient (Wildman–Crippen LogP) is 1.89. The first-order valence-corrected chi connectivity index (χ1v) is 7.35. The monoisotopic (exact) mass is 284 g/mol. The summed E-state index contributed by atoms with van der Waals surface area (Å²) in [4.78, 5) is 4.47. The number of hydrogen-bond acceptors (Lipinski definition) is 4. The minimum absolute atomic E-state index is 0.131. The molecule has 1 aromatic carbocycles. The third kappa shape index (κ3) is 4.37. The van der Waals surface area contributed by atoms with Gasteiger partial charge in [-0.15, -0.1) is 0 Å². The lowest BCUT2D eigenvalue weighted by Crippen LogP contribution is -2.47. The van der Waals surface area contributed by atoms with Crippen LogP contribution in [0.2, 0.25) is 0 Å². The Kier molecular flexibility index (Phi) is 5.94. The Balaban J connectivity index is 1.75. The molecule has 3 nitrogen and oxygen atoms in total. The summed E-state index contributed by atoms with van der Waals surface area (Å²) < 4.78 is 19.1. The van der Waals surface area contributed by atoms with Crippen molar-refractivity contribution < 1.29 is 9.13 Å². The van der Waals surface area contributed by atoms with Gasteiger partial charge in [0.05, 0.1) is 18.9 Å². The lowest BCUT2D eigenvalue weighted by atomic mass is 10.2. The number of ether oxygens (including phenoxy) is 1. The van der Waals surface area contributed by atoms with Crippen LogP contribution in [0.1, 0.15) is 0 Å². The standard InChI is InChI=1S/C14H21FN2OS/c15-13-3-1-2-4-14(13)17-7-5-16(6-8-17)9-10-18-11-12-19/h1-4,19H,5-12H2. The molecule has 1 aliphatic rings. The second-order valence-electron chi connectivity index (χ2n) is 4.62. The topological polar surface area (TPSA) is 15.7 Å². The average Bonchev–Trinajstić information content (AvgIpc) is 2.45. The molecule has 0 amide bonds. The van der Waals surface area contributed by atoms with Crippen LogP contribution in [-0.2, 0) is 4.74 Å².